The SMILES string of the molecule is CCCc1ccc(-n2ccc(C(F)(F)F)n2)nc1. The van der Waals surface area contributed by atoms with Gasteiger partial charge in [-0.05, 0) is 24.1 Å². The van der Waals surface area contributed by atoms with Gasteiger partial charge in [-0.15, -0.1) is 0 Å². The molecule has 3 nitrogen and oxygen atoms in total. The van der Waals surface area contributed by atoms with Crippen LogP contribution < -0.4 is 0 Å². The van der Waals surface area contributed by atoms with Gasteiger partial charge in [-0.25, -0.2) is 9.67 Å². The summed E-state index contributed by atoms with van der Waals surface area (Å²) in [5, 5.41) is 3.46. The molecule has 0 aliphatic carbocycles. The number of alkyl halides is 3. The smallest absolute Gasteiger partial charge is 0.237 e. The summed E-state index contributed by atoms with van der Waals surface area (Å²) >= 11 is 0. The highest BCUT2D eigenvalue weighted by atomic mass is 19.4. The lowest BCUT2D eigenvalue weighted by atomic mass is 10.2. The molecule has 0 amide bonds. The van der Waals surface area contributed by atoms with E-state index in [-0.39, 0.29) is 0 Å². The Morgan fingerprint density at radius 2 is 2.00 bits per heavy atom. The Labute approximate surface area is 102 Å². The van der Waals surface area contributed by atoms with E-state index in [1.54, 1.807) is 12.3 Å². The zero-order valence-electron chi connectivity index (χ0n) is 9.78. The minimum absolute atomic E-state index is 0.380. The van der Waals surface area contributed by atoms with Crippen molar-refractivity contribution in [2.45, 2.75) is 25.9 Å². The van der Waals surface area contributed by atoms with E-state index in [0.29, 0.717) is 5.82 Å². The van der Waals surface area contributed by atoms with E-state index >= 15 is 0 Å². The standard InChI is InChI=1S/C12H12F3N3/c1-2-3-9-4-5-11(16-8-9)18-7-6-10(17-18)12(13,14)15/h4-8H,2-3H2,1H3. The molecule has 0 fully saturated rings. The fourth-order valence-corrected chi connectivity index (χ4v) is 1.59. The van der Waals surface area contributed by atoms with Gasteiger partial charge in [-0.3, -0.25) is 0 Å². The summed E-state index contributed by atoms with van der Waals surface area (Å²) in [6, 6.07) is 4.44. The second kappa shape index (κ2) is 4.80. The van der Waals surface area contributed by atoms with Gasteiger partial charge in [0.2, 0.25) is 0 Å². The van der Waals surface area contributed by atoms with Crippen molar-refractivity contribution < 1.29 is 13.2 Å². The quantitative estimate of drug-likeness (QED) is 0.843. The number of aryl methyl sites for hydroxylation is 1. The third-order valence-electron chi connectivity index (χ3n) is 2.46. The predicted molar refractivity (Wildman–Crippen MR) is 60.4 cm³/mol. The number of hydrogen-bond acceptors (Lipinski definition) is 2. The van der Waals surface area contributed by atoms with Gasteiger partial charge in [-0.2, -0.15) is 18.3 Å². The lowest BCUT2D eigenvalue weighted by Crippen LogP contribution is -2.07. The zero-order valence-corrected chi connectivity index (χ0v) is 9.78. The van der Waals surface area contributed by atoms with Gasteiger partial charge in [0.25, 0.3) is 0 Å². The van der Waals surface area contributed by atoms with Crippen LogP contribution in [-0.4, -0.2) is 14.8 Å². The first-order chi connectivity index (χ1) is 8.50. The Morgan fingerprint density at radius 1 is 1.22 bits per heavy atom. The topological polar surface area (TPSA) is 30.7 Å². The second-order valence-electron chi connectivity index (χ2n) is 3.92. The highest BCUT2D eigenvalue weighted by Crippen LogP contribution is 2.27. The van der Waals surface area contributed by atoms with Crippen LogP contribution in [0.3, 0.4) is 0 Å². The van der Waals surface area contributed by atoms with Gasteiger partial charge in [-0.1, -0.05) is 19.4 Å². The molecule has 2 aromatic heterocycles. The van der Waals surface area contributed by atoms with E-state index in [1.165, 1.54) is 6.20 Å². The van der Waals surface area contributed by atoms with Gasteiger partial charge in [0.1, 0.15) is 0 Å². The van der Waals surface area contributed by atoms with Gasteiger partial charge in [0.05, 0.1) is 0 Å². The van der Waals surface area contributed by atoms with Crippen LogP contribution in [0.1, 0.15) is 24.6 Å². The molecule has 0 N–H and O–H groups in total. The van der Waals surface area contributed by atoms with Gasteiger partial charge < -0.3 is 0 Å². The van der Waals surface area contributed by atoms with Crippen LogP contribution in [0.25, 0.3) is 5.82 Å². The number of rotatable bonds is 3. The Balaban J connectivity index is 2.23. The Morgan fingerprint density at radius 3 is 2.50 bits per heavy atom. The average molecular weight is 255 g/mol. The van der Waals surface area contributed by atoms with Crippen molar-refractivity contribution in [3.05, 3.63) is 41.9 Å². The molecule has 0 radical (unpaired) electrons. The van der Waals surface area contributed by atoms with Crippen molar-refractivity contribution in [3.8, 4) is 5.82 Å². The summed E-state index contributed by atoms with van der Waals surface area (Å²) in [6.45, 7) is 2.05. The molecule has 0 spiro atoms. The van der Waals surface area contributed by atoms with E-state index in [9.17, 15) is 13.2 Å². The molecule has 0 atom stereocenters. The largest absolute Gasteiger partial charge is 0.435 e. The molecule has 0 saturated carbocycles. The fraction of sp³-hybridized carbons (Fsp3) is 0.333. The second-order valence-corrected chi connectivity index (χ2v) is 3.92. The summed E-state index contributed by atoms with van der Waals surface area (Å²) < 4.78 is 38.3. The maximum atomic E-state index is 12.4. The van der Waals surface area contributed by atoms with Crippen LogP contribution in [0.2, 0.25) is 0 Å². The molecule has 6 heteroatoms. The summed E-state index contributed by atoms with van der Waals surface area (Å²) in [5.41, 5.74) is 0.145. The highest BCUT2D eigenvalue weighted by molar-refractivity contribution is 5.25. The lowest BCUT2D eigenvalue weighted by Gasteiger charge is -2.03. The van der Waals surface area contributed by atoms with Crippen molar-refractivity contribution in [2.75, 3.05) is 0 Å². The maximum absolute atomic E-state index is 12.4. The van der Waals surface area contributed by atoms with Crippen molar-refractivity contribution >= 4 is 0 Å². The third kappa shape index (κ3) is 2.69. The van der Waals surface area contributed by atoms with Crippen molar-refractivity contribution in [2.24, 2.45) is 0 Å². The van der Waals surface area contributed by atoms with Crippen LogP contribution in [-0.2, 0) is 12.6 Å². The summed E-state index contributed by atoms with van der Waals surface area (Å²) in [7, 11) is 0. The molecule has 2 aromatic rings. The van der Waals surface area contributed by atoms with E-state index in [2.05, 4.69) is 17.0 Å². The summed E-state index contributed by atoms with van der Waals surface area (Å²) in [5.74, 6) is 0.380. The predicted octanol–water partition coefficient (Wildman–Crippen LogP) is 3.24. The Hall–Kier alpha value is -1.85. The third-order valence-corrected chi connectivity index (χ3v) is 2.46. The molecule has 0 aliphatic rings. The van der Waals surface area contributed by atoms with Crippen LogP contribution in [0.5, 0.6) is 0 Å². The molecule has 2 rings (SSSR count). The average Bonchev–Trinajstić information content (AvgIpc) is 2.79. The molecule has 0 aliphatic heterocycles. The van der Waals surface area contributed by atoms with Crippen molar-refractivity contribution in [3.63, 3.8) is 0 Å². The van der Waals surface area contributed by atoms with Gasteiger partial charge in [0, 0.05) is 12.4 Å². The molecule has 0 aromatic carbocycles. The lowest BCUT2D eigenvalue weighted by molar-refractivity contribution is -0.141. The van der Waals surface area contributed by atoms with Crippen LogP contribution in [0, 0.1) is 0 Å². The molecule has 96 valence electrons. The Kier molecular flexibility index (Phi) is 3.36. The summed E-state index contributed by atoms with van der Waals surface area (Å²) in [6.07, 6.45) is 0.396. The molecular formula is C12H12F3N3. The molecule has 0 unspecified atom stereocenters. The van der Waals surface area contributed by atoms with Crippen molar-refractivity contribution in [1.82, 2.24) is 14.8 Å². The maximum Gasteiger partial charge on any atom is 0.435 e. The normalized spacial score (nSPS) is 11.8. The first kappa shape index (κ1) is 12.6. The zero-order chi connectivity index (χ0) is 13.2. The fourth-order valence-electron chi connectivity index (χ4n) is 1.59. The molecular weight excluding hydrogens is 243 g/mol. The van der Waals surface area contributed by atoms with Crippen molar-refractivity contribution in [1.29, 1.82) is 0 Å². The van der Waals surface area contributed by atoms with Gasteiger partial charge in [0.15, 0.2) is 11.5 Å². The highest BCUT2D eigenvalue weighted by Gasteiger charge is 2.33. The van der Waals surface area contributed by atoms with Crippen LogP contribution in [0.4, 0.5) is 13.2 Å². The number of pyridine rings is 1. The van der Waals surface area contributed by atoms with E-state index in [0.717, 1.165) is 29.2 Å². The van der Waals surface area contributed by atoms with E-state index in [4.69, 9.17) is 0 Å². The van der Waals surface area contributed by atoms with E-state index < -0.39 is 11.9 Å². The molecule has 0 saturated heterocycles. The first-order valence-electron chi connectivity index (χ1n) is 5.59. The number of halogens is 3. The van der Waals surface area contributed by atoms with E-state index in [1.807, 2.05) is 6.07 Å². The minimum atomic E-state index is -4.42. The number of hydrogen-bond donors (Lipinski definition) is 0. The molecule has 2 heterocycles. The summed E-state index contributed by atoms with van der Waals surface area (Å²) in [4.78, 5) is 4.10. The van der Waals surface area contributed by atoms with Gasteiger partial charge >= 0.3 is 6.18 Å². The monoisotopic (exact) mass is 255 g/mol. The number of aromatic nitrogens is 3. The van der Waals surface area contributed by atoms with Crippen LogP contribution >= 0.6 is 0 Å². The van der Waals surface area contributed by atoms with Crippen LogP contribution in [0.15, 0.2) is 30.6 Å². The molecule has 18 heavy (non-hydrogen) atoms. The first-order valence-corrected chi connectivity index (χ1v) is 5.59. The minimum Gasteiger partial charge on any atom is -0.237 e. The Bertz CT molecular complexity index is 514. The number of nitrogens with zero attached hydrogens (tertiary/aromatic N) is 3. The molecule has 0 bridgehead atoms.